The van der Waals surface area contributed by atoms with Crippen molar-refractivity contribution in [3.05, 3.63) is 11.3 Å². The van der Waals surface area contributed by atoms with Crippen molar-refractivity contribution in [2.75, 3.05) is 11.9 Å². The van der Waals surface area contributed by atoms with Gasteiger partial charge in [0, 0.05) is 12.1 Å². The van der Waals surface area contributed by atoms with Gasteiger partial charge in [-0.3, -0.25) is 9.89 Å². The molecular weight excluding hydrogens is 156 g/mol. The average molecular weight is 166 g/mol. The molecule has 0 radical (unpaired) electrons. The maximum atomic E-state index is 10.9. The number of aromatic amines is 1. The van der Waals surface area contributed by atoms with E-state index in [9.17, 15) is 4.79 Å². The second kappa shape index (κ2) is 2.51. The van der Waals surface area contributed by atoms with Crippen LogP contribution in [0.5, 0.6) is 0 Å². The Labute approximate surface area is 69.3 Å². The van der Waals surface area contributed by atoms with Gasteiger partial charge >= 0.3 is 0 Å². The van der Waals surface area contributed by atoms with E-state index in [2.05, 4.69) is 15.5 Å². The summed E-state index contributed by atoms with van der Waals surface area (Å²) in [5.41, 5.74) is 6.51. The first-order chi connectivity index (χ1) is 5.79. The molecule has 0 bridgehead atoms. The number of H-pyrrole nitrogens is 1. The van der Waals surface area contributed by atoms with E-state index >= 15 is 0 Å². The molecule has 0 unspecified atom stereocenters. The molecule has 64 valence electrons. The molecule has 1 aromatic rings. The Balaban J connectivity index is 2.44. The van der Waals surface area contributed by atoms with Crippen LogP contribution in [0.4, 0.5) is 5.82 Å². The molecule has 4 N–H and O–H groups in total. The third kappa shape index (κ3) is 0.939. The topological polar surface area (TPSA) is 83.8 Å². The van der Waals surface area contributed by atoms with Crippen LogP contribution in [-0.2, 0) is 6.42 Å². The number of primary amides is 1. The van der Waals surface area contributed by atoms with Crippen molar-refractivity contribution in [1.82, 2.24) is 10.2 Å². The third-order valence-electron chi connectivity index (χ3n) is 2.01. The number of hydrogen-bond acceptors (Lipinski definition) is 3. The molecule has 5 nitrogen and oxygen atoms in total. The molecule has 1 amide bonds. The molecule has 0 aromatic carbocycles. The zero-order chi connectivity index (χ0) is 8.55. The van der Waals surface area contributed by atoms with Crippen LogP contribution >= 0.6 is 0 Å². The van der Waals surface area contributed by atoms with Gasteiger partial charge in [-0.1, -0.05) is 0 Å². The number of nitrogens with two attached hydrogens (primary N) is 1. The van der Waals surface area contributed by atoms with Gasteiger partial charge in [-0.15, -0.1) is 0 Å². The van der Waals surface area contributed by atoms with Crippen LogP contribution in [0.3, 0.4) is 0 Å². The van der Waals surface area contributed by atoms with E-state index in [4.69, 9.17) is 5.73 Å². The van der Waals surface area contributed by atoms with Crippen molar-refractivity contribution < 1.29 is 4.79 Å². The Morgan fingerprint density at radius 1 is 1.58 bits per heavy atom. The van der Waals surface area contributed by atoms with E-state index in [1.807, 2.05) is 0 Å². The summed E-state index contributed by atoms with van der Waals surface area (Å²) < 4.78 is 0. The van der Waals surface area contributed by atoms with Gasteiger partial charge in [0.1, 0.15) is 5.69 Å². The lowest BCUT2D eigenvalue weighted by Gasteiger charge is -2.11. The molecule has 1 aromatic heterocycles. The third-order valence-corrected chi connectivity index (χ3v) is 2.01. The van der Waals surface area contributed by atoms with Crippen LogP contribution in [0.2, 0.25) is 0 Å². The number of carbonyl (C=O) groups excluding carboxylic acids is 1. The molecule has 2 rings (SSSR count). The number of rotatable bonds is 1. The van der Waals surface area contributed by atoms with Crippen molar-refractivity contribution in [1.29, 1.82) is 0 Å². The molecule has 0 saturated carbocycles. The van der Waals surface area contributed by atoms with Gasteiger partial charge in [-0.25, -0.2) is 0 Å². The number of nitrogens with zero attached hydrogens (tertiary/aromatic N) is 1. The summed E-state index contributed by atoms with van der Waals surface area (Å²) in [7, 11) is 0. The summed E-state index contributed by atoms with van der Waals surface area (Å²) in [5.74, 6) is 0.336. The van der Waals surface area contributed by atoms with Crippen molar-refractivity contribution in [3.8, 4) is 0 Å². The Morgan fingerprint density at radius 2 is 2.42 bits per heavy atom. The van der Waals surface area contributed by atoms with Crippen LogP contribution in [0.1, 0.15) is 22.5 Å². The summed E-state index contributed by atoms with van der Waals surface area (Å²) in [6.45, 7) is 0.913. The highest BCUT2D eigenvalue weighted by Gasteiger charge is 2.18. The molecule has 12 heavy (non-hydrogen) atoms. The number of hydrogen-bond donors (Lipinski definition) is 3. The van der Waals surface area contributed by atoms with Crippen LogP contribution in [0.15, 0.2) is 0 Å². The van der Waals surface area contributed by atoms with Gasteiger partial charge in [-0.2, -0.15) is 5.10 Å². The quantitative estimate of drug-likeness (QED) is 0.543. The normalized spacial score (nSPS) is 15.0. The molecule has 0 fully saturated rings. The summed E-state index contributed by atoms with van der Waals surface area (Å²) in [6.07, 6.45) is 1.89. The lowest BCUT2D eigenvalue weighted by molar-refractivity contribution is 0.0994. The first kappa shape index (κ1) is 7.15. The van der Waals surface area contributed by atoms with Gasteiger partial charge in [0.2, 0.25) is 0 Å². The lowest BCUT2D eigenvalue weighted by Crippen LogP contribution is -2.17. The molecule has 0 aliphatic carbocycles. The van der Waals surface area contributed by atoms with Crippen molar-refractivity contribution >= 4 is 11.7 Å². The highest BCUT2D eigenvalue weighted by atomic mass is 16.1. The summed E-state index contributed by atoms with van der Waals surface area (Å²) >= 11 is 0. The van der Waals surface area contributed by atoms with Gasteiger partial charge in [0.25, 0.3) is 5.91 Å². The minimum absolute atomic E-state index is 0.438. The number of aromatic nitrogens is 2. The van der Waals surface area contributed by atoms with E-state index < -0.39 is 5.91 Å². The minimum atomic E-state index is -0.438. The predicted octanol–water partition coefficient (Wildman–Crippen LogP) is -0.133. The fraction of sp³-hybridized carbons (Fsp3) is 0.429. The monoisotopic (exact) mass is 166 g/mol. The van der Waals surface area contributed by atoms with Gasteiger partial charge < -0.3 is 11.1 Å². The number of amides is 1. The Bertz CT molecular complexity index is 317. The van der Waals surface area contributed by atoms with E-state index in [1.165, 1.54) is 0 Å². The Morgan fingerprint density at radius 3 is 3.17 bits per heavy atom. The SMILES string of the molecule is NC(=O)c1[nH]nc2c1CCCN2. The van der Waals surface area contributed by atoms with E-state index in [-0.39, 0.29) is 0 Å². The standard InChI is InChI=1S/C7H10N4O/c8-6(12)5-4-2-1-3-9-7(4)11-10-5/h1-3H2,(H2,8,12)(H2,9,10,11). The molecule has 0 saturated heterocycles. The van der Waals surface area contributed by atoms with Crippen molar-refractivity contribution in [2.24, 2.45) is 5.73 Å². The van der Waals surface area contributed by atoms with Crippen LogP contribution in [-0.4, -0.2) is 22.6 Å². The molecule has 1 aliphatic heterocycles. The highest BCUT2D eigenvalue weighted by Crippen LogP contribution is 2.21. The second-order valence-corrected chi connectivity index (χ2v) is 2.82. The van der Waals surface area contributed by atoms with Gasteiger partial charge in [-0.05, 0) is 12.8 Å². The maximum Gasteiger partial charge on any atom is 0.267 e. The summed E-state index contributed by atoms with van der Waals surface area (Å²) in [5, 5.41) is 9.66. The Hall–Kier alpha value is -1.52. The molecule has 0 spiro atoms. The van der Waals surface area contributed by atoms with Crippen LogP contribution in [0.25, 0.3) is 0 Å². The number of carbonyl (C=O) groups is 1. The first-order valence-corrected chi connectivity index (χ1v) is 3.90. The van der Waals surface area contributed by atoms with E-state index in [1.54, 1.807) is 0 Å². The zero-order valence-electron chi connectivity index (χ0n) is 6.55. The molecular formula is C7H10N4O. The first-order valence-electron chi connectivity index (χ1n) is 3.90. The van der Waals surface area contributed by atoms with Gasteiger partial charge in [0.15, 0.2) is 5.82 Å². The highest BCUT2D eigenvalue weighted by molar-refractivity contribution is 5.93. The van der Waals surface area contributed by atoms with Gasteiger partial charge in [0.05, 0.1) is 0 Å². The molecule has 2 heterocycles. The molecule has 0 atom stereocenters. The van der Waals surface area contributed by atoms with Crippen LogP contribution in [0, 0.1) is 0 Å². The number of anilines is 1. The average Bonchev–Trinajstić information content (AvgIpc) is 2.47. The summed E-state index contributed by atoms with van der Waals surface area (Å²) in [4.78, 5) is 10.9. The van der Waals surface area contributed by atoms with E-state index in [0.29, 0.717) is 5.69 Å². The fourth-order valence-corrected chi connectivity index (χ4v) is 1.43. The Kier molecular flexibility index (Phi) is 1.49. The van der Waals surface area contributed by atoms with Crippen molar-refractivity contribution in [3.63, 3.8) is 0 Å². The van der Waals surface area contributed by atoms with Crippen molar-refractivity contribution in [2.45, 2.75) is 12.8 Å². The zero-order valence-corrected chi connectivity index (χ0v) is 6.55. The predicted molar refractivity (Wildman–Crippen MR) is 43.9 cm³/mol. The number of nitrogens with one attached hydrogen (secondary N) is 2. The second-order valence-electron chi connectivity index (χ2n) is 2.82. The smallest absolute Gasteiger partial charge is 0.267 e. The van der Waals surface area contributed by atoms with E-state index in [0.717, 1.165) is 30.8 Å². The maximum absolute atomic E-state index is 10.9. The largest absolute Gasteiger partial charge is 0.368 e. The minimum Gasteiger partial charge on any atom is -0.368 e. The van der Waals surface area contributed by atoms with Crippen LogP contribution < -0.4 is 11.1 Å². The number of fused-ring (bicyclic) bond motifs is 1. The summed E-state index contributed by atoms with van der Waals surface area (Å²) in [6, 6.07) is 0. The fourth-order valence-electron chi connectivity index (χ4n) is 1.43. The molecule has 5 heteroatoms. The lowest BCUT2D eigenvalue weighted by atomic mass is 10.1. The molecule has 1 aliphatic rings.